The highest BCUT2D eigenvalue weighted by molar-refractivity contribution is 5.87. The van der Waals surface area contributed by atoms with E-state index in [4.69, 9.17) is 0 Å². The molecule has 3 heteroatoms. The fraction of sp³-hybridized carbons (Fsp3) is 0.800. The first-order chi connectivity index (χ1) is 6.04. The lowest BCUT2D eigenvalue weighted by molar-refractivity contribution is -0.137. The van der Waals surface area contributed by atoms with E-state index in [1.54, 1.807) is 18.9 Å². The van der Waals surface area contributed by atoms with Crippen LogP contribution in [-0.2, 0) is 9.59 Å². The van der Waals surface area contributed by atoms with Gasteiger partial charge < -0.3 is 4.90 Å². The Hall–Kier alpha value is -0.860. The van der Waals surface area contributed by atoms with Crippen molar-refractivity contribution in [2.75, 3.05) is 7.05 Å². The molecule has 0 aliphatic carbocycles. The van der Waals surface area contributed by atoms with E-state index in [1.807, 2.05) is 13.8 Å². The van der Waals surface area contributed by atoms with Crippen LogP contribution < -0.4 is 0 Å². The summed E-state index contributed by atoms with van der Waals surface area (Å²) in [5.74, 6) is 0.111. The van der Waals surface area contributed by atoms with Crippen molar-refractivity contribution < 1.29 is 9.59 Å². The molecule has 0 aliphatic heterocycles. The average molecular weight is 185 g/mol. The number of hydrogen-bond acceptors (Lipinski definition) is 2. The summed E-state index contributed by atoms with van der Waals surface area (Å²) in [4.78, 5) is 24.1. The van der Waals surface area contributed by atoms with Gasteiger partial charge in [0.15, 0.2) is 5.78 Å². The second-order valence-corrected chi connectivity index (χ2v) is 3.27. The number of ketones is 1. The van der Waals surface area contributed by atoms with Crippen LogP contribution >= 0.6 is 0 Å². The lowest BCUT2D eigenvalue weighted by atomic mass is 10.1. The fourth-order valence-electron chi connectivity index (χ4n) is 1.37. The number of carbonyl (C=O) groups excluding carboxylic acids is 2. The number of rotatable bonds is 5. The summed E-state index contributed by atoms with van der Waals surface area (Å²) in [5.41, 5.74) is 0. The molecule has 0 heterocycles. The first-order valence-corrected chi connectivity index (χ1v) is 4.80. The SMILES string of the molecule is CCCC(C(C)=O)N(C)C(=O)CC. The van der Waals surface area contributed by atoms with Crippen LogP contribution in [0.5, 0.6) is 0 Å². The number of hydrogen-bond donors (Lipinski definition) is 0. The molecule has 0 N–H and O–H groups in total. The zero-order valence-electron chi connectivity index (χ0n) is 8.96. The summed E-state index contributed by atoms with van der Waals surface area (Å²) in [6.07, 6.45) is 2.15. The molecule has 0 saturated heterocycles. The molecule has 13 heavy (non-hydrogen) atoms. The van der Waals surface area contributed by atoms with E-state index < -0.39 is 0 Å². The standard InChI is InChI=1S/C10H19NO2/c1-5-7-9(8(3)12)11(4)10(13)6-2/h9H,5-7H2,1-4H3. The number of nitrogens with zero attached hydrogens (tertiary/aromatic N) is 1. The van der Waals surface area contributed by atoms with Crippen LogP contribution in [0, 0.1) is 0 Å². The molecule has 0 fully saturated rings. The maximum absolute atomic E-state index is 11.3. The third-order valence-electron chi connectivity index (χ3n) is 2.19. The molecule has 0 rings (SSSR count). The van der Waals surface area contributed by atoms with Gasteiger partial charge in [0.25, 0.3) is 0 Å². The molecule has 0 saturated carbocycles. The van der Waals surface area contributed by atoms with E-state index in [0.29, 0.717) is 6.42 Å². The molecule has 0 radical (unpaired) electrons. The van der Waals surface area contributed by atoms with E-state index in [0.717, 1.165) is 12.8 Å². The zero-order valence-corrected chi connectivity index (χ0v) is 8.96. The second-order valence-electron chi connectivity index (χ2n) is 3.27. The lowest BCUT2D eigenvalue weighted by Gasteiger charge is -2.25. The molecular weight excluding hydrogens is 166 g/mol. The van der Waals surface area contributed by atoms with Crippen LogP contribution in [0.4, 0.5) is 0 Å². The van der Waals surface area contributed by atoms with Crippen LogP contribution in [0.2, 0.25) is 0 Å². The van der Waals surface area contributed by atoms with Gasteiger partial charge in [0, 0.05) is 13.5 Å². The van der Waals surface area contributed by atoms with Crippen LogP contribution in [0.15, 0.2) is 0 Å². The lowest BCUT2D eigenvalue weighted by Crippen LogP contribution is -2.41. The van der Waals surface area contributed by atoms with Crippen LogP contribution in [-0.4, -0.2) is 29.7 Å². The van der Waals surface area contributed by atoms with Crippen molar-refractivity contribution in [1.29, 1.82) is 0 Å². The first kappa shape index (κ1) is 12.1. The summed E-state index contributed by atoms with van der Waals surface area (Å²) >= 11 is 0. The summed E-state index contributed by atoms with van der Waals surface area (Å²) < 4.78 is 0. The highest BCUT2D eigenvalue weighted by Gasteiger charge is 2.21. The smallest absolute Gasteiger partial charge is 0.222 e. The van der Waals surface area contributed by atoms with Gasteiger partial charge >= 0.3 is 0 Å². The van der Waals surface area contributed by atoms with Gasteiger partial charge in [0.1, 0.15) is 0 Å². The largest absolute Gasteiger partial charge is 0.336 e. The minimum atomic E-state index is -0.225. The molecule has 76 valence electrons. The number of Topliss-reactive ketones (excluding diaryl/α,β-unsaturated/α-hetero) is 1. The minimum absolute atomic E-state index is 0.0358. The Kier molecular flexibility index (Phi) is 5.35. The number of amides is 1. The second kappa shape index (κ2) is 5.73. The predicted molar refractivity (Wildman–Crippen MR) is 52.4 cm³/mol. The number of carbonyl (C=O) groups is 2. The Balaban J connectivity index is 4.35. The van der Waals surface area contributed by atoms with E-state index in [2.05, 4.69) is 0 Å². The topological polar surface area (TPSA) is 37.4 Å². The Labute approximate surface area is 80.1 Å². The third kappa shape index (κ3) is 3.57. The summed E-state index contributed by atoms with van der Waals surface area (Å²) in [6, 6.07) is -0.225. The van der Waals surface area contributed by atoms with Gasteiger partial charge in [0.2, 0.25) is 5.91 Å². The molecule has 0 aliphatic rings. The molecule has 0 aromatic heterocycles. The van der Waals surface area contributed by atoms with Crippen molar-refractivity contribution in [3.8, 4) is 0 Å². The van der Waals surface area contributed by atoms with Gasteiger partial charge in [-0.2, -0.15) is 0 Å². The molecule has 0 spiro atoms. The Morgan fingerprint density at radius 3 is 2.15 bits per heavy atom. The normalized spacial score (nSPS) is 12.3. The monoisotopic (exact) mass is 185 g/mol. The van der Waals surface area contributed by atoms with Crippen molar-refractivity contribution in [2.45, 2.75) is 46.1 Å². The fourth-order valence-corrected chi connectivity index (χ4v) is 1.37. The van der Waals surface area contributed by atoms with Crippen molar-refractivity contribution >= 4 is 11.7 Å². The Morgan fingerprint density at radius 1 is 1.31 bits per heavy atom. The summed E-state index contributed by atoms with van der Waals surface area (Å²) in [6.45, 7) is 5.36. The molecular formula is C10H19NO2. The van der Waals surface area contributed by atoms with E-state index in [1.165, 1.54) is 0 Å². The van der Waals surface area contributed by atoms with Gasteiger partial charge in [-0.15, -0.1) is 0 Å². The number of likely N-dealkylation sites (N-methyl/N-ethyl adjacent to an activating group) is 1. The quantitative estimate of drug-likeness (QED) is 0.652. The Morgan fingerprint density at radius 2 is 1.85 bits per heavy atom. The van der Waals surface area contributed by atoms with Crippen LogP contribution in [0.3, 0.4) is 0 Å². The molecule has 1 atom stereocenters. The highest BCUT2D eigenvalue weighted by atomic mass is 16.2. The van der Waals surface area contributed by atoms with E-state index in [9.17, 15) is 9.59 Å². The van der Waals surface area contributed by atoms with E-state index in [-0.39, 0.29) is 17.7 Å². The summed E-state index contributed by atoms with van der Waals surface area (Å²) in [5, 5.41) is 0. The molecule has 0 aromatic carbocycles. The van der Waals surface area contributed by atoms with Gasteiger partial charge in [-0.3, -0.25) is 9.59 Å². The minimum Gasteiger partial charge on any atom is -0.336 e. The summed E-state index contributed by atoms with van der Waals surface area (Å²) in [7, 11) is 1.70. The van der Waals surface area contributed by atoms with Crippen molar-refractivity contribution in [1.82, 2.24) is 4.90 Å². The average Bonchev–Trinajstić information content (AvgIpc) is 2.11. The molecule has 3 nitrogen and oxygen atoms in total. The molecule has 1 amide bonds. The van der Waals surface area contributed by atoms with Gasteiger partial charge in [-0.1, -0.05) is 20.3 Å². The third-order valence-corrected chi connectivity index (χ3v) is 2.19. The van der Waals surface area contributed by atoms with Crippen molar-refractivity contribution in [3.63, 3.8) is 0 Å². The predicted octanol–water partition coefficient (Wildman–Crippen LogP) is 1.61. The highest BCUT2D eigenvalue weighted by Crippen LogP contribution is 2.07. The zero-order chi connectivity index (χ0) is 10.4. The molecule has 1 unspecified atom stereocenters. The van der Waals surface area contributed by atoms with Gasteiger partial charge in [0.05, 0.1) is 6.04 Å². The van der Waals surface area contributed by atoms with Crippen LogP contribution in [0.25, 0.3) is 0 Å². The molecule has 0 aromatic rings. The van der Waals surface area contributed by atoms with Gasteiger partial charge in [-0.25, -0.2) is 0 Å². The van der Waals surface area contributed by atoms with Crippen molar-refractivity contribution in [3.05, 3.63) is 0 Å². The first-order valence-electron chi connectivity index (χ1n) is 4.80. The van der Waals surface area contributed by atoms with Crippen molar-refractivity contribution in [2.24, 2.45) is 0 Å². The Bertz CT molecular complexity index is 189. The molecule has 0 bridgehead atoms. The van der Waals surface area contributed by atoms with Crippen LogP contribution in [0.1, 0.15) is 40.0 Å². The maximum Gasteiger partial charge on any atom is 0.222 e. The maximum atomic E-state index is 11.3. The van der Waals surface area contributed by atoms with E-state index >= 15 is 0 Å². The van der Waals surface area contributed by atoms with Gasteiger partial charge in [-0.05, 0) is 13.3 Å².